The highest BCUT2D eigenvalue weighted by molar-refractivity contribution is 5.89. The molecule has 3 N–H and O–H groups in total. The Kier molecular flexibility index (Phi) is 5.74. The maximum atomic E-state index is 12.6. The largest absolute Gasteiger partial charge is 0.344 e. The summed E-state index contributed by atoms with van der Waals surface area (Å²) in [5.41, 5.74) is 7.03. The summed E-state index contributed by atoms with van der Waals surface area (Å²) in [6.07, 6.45) is 6.72. The Hall–Kier alpha value is -1.88. The van der Waals surface area contributed by atoms with Crippen LogP contribution in [0.2, 0.25) is 0 Å². The molecule has 5 nitrogen and oxygen atoms in total. The first-order chi connectivity index (χ1) is 12.1. The van der Waals surface area contributed by atoms with Gasteiger partial charge in [-0.1, -0.05) is 49.6 Å². The zero-order valence-corrected chi connectivity index (χ0v) is 14.9. The minimum Gasteiger partial charge on any atom is -0.344 e. The Morgan fingerprint density at radius 2 is 1.92 bits per heavy atom. The van der Waals surface area contributed by atoms with Crippen LogP contribution in [0.15, 0.2) is 30.3 Å². The third-order valence-corrected chi connectivity index (χ3v) is 5.73. The molecule has 0 spiro atoms. The molecule has 1 atom stereocenters. The van der Waals surface area contributed by atoms with Crippen molar-refractivity contribution in [1.82, 2.24) is 10.2 Å². The molecule has 136 valence electrons. The Labute approximate surface area is 150 Å². The fourth-order valence-electron chi connectivity index (χ4n) is 4.17. The van der Waals surface area contributed by atoms with Crippen LogP contribution in [0.4, 0.5) is 0 Å². The predicted molar refractivity (Wildman–Crippen MR) is 97.6 cm³/mol. The Morgan fingerprint density at radius 3 is 2.60 bits per heavy atom. The molecule has 1 aliphatic carbocycles. The molecule has 1 aromatic carbocycles. The zero-order valence-electron chi connectivity index (χ0n) is 14.9. The van der Waals surface area contributed by atoms with E-state index in [1.165, 1.54) is 6.42 Å². The highest BCUT2D eigenvalue weighted by atomic mass is 16.2. The molecule has 1 aliphatic heterocycles. The lowest BCUT2D eigenvalue weighted by molar-refractivity contribution is -0.133. The lowest BCUT2D eigenvalue weighted by atomic mass is 9.71. The number of amides is 2. The topological polar surface area (TPSA) is 75.4 Å². The maximum Gasteiger partial charge on any atom is 0.245 e. The summed E-state index contributed by atoms with van der Waals surface area (Å²) in [6, 6.07) is 9.59. The summed E-state index contributed by atoms with van der Waals surface area (Å²) in [6.45, 7) is 1.86. The van der Waals surface area contributed by atoms with Crippen molar-refractivity contribution in [3.8, 4) is 0 Å². The molecule has 0 aromatic heterocycles. The summed E-state index contributed by atoms with van der Waals surface area (Å²) >= 11 is 0. The van der Waals surface area contributed by atoms with Gasteiger partial charge in [-0.15, -0.1) is 0 Å². The second kappa shape index (κ2) is 8.00. The first-order valence-electron chi connectivity index (χ1n) is 9.44. The number of nitrogens with two attached hydrogens (primary N) is 1. The smallest absolute Gasteiger partial charge is 0.245 e. The summed E-state index contributed by atoms with van der Waals surface area (Å²) < 4.78 is 0. The molecular formula is C20H29N3O2. The molecular weight excluding hydrogens is 314 g/mol. The number of hydrogen-bond donors (Lipinski definition) is 2. The lowest BCUT2D eigenvalue weighted by Gasteiger charge is -2.35. The molecule has 1 unspecified atom stereocenters. The number of likely N-dealkylation sites (tertiary alicyclic amines) is 1. The van der Waals surface area contributed by atoms with Crippen LogP contribution < -0.4 is 11.1 Å². The van der Waals surface area contributed by atoms with Crippen molar-refractivity contribution in [1.29, 1.82) is 0 Å². The quantitative estimate of drug-likeness (QED) is 0.831. The Balaban J connectivity index is 1.53. The fourth-order valence-corrected chi connectivity index (χ4v) is 4.17. The molecule has 25 heavy (non-hydrogen) atoms. The minimum absolute atomic E-state index is 0.0211. The molecule has 2 amide bonds. The van der Waals surface area contributed by atoms with Crippen molar-refractivity contribution in [2.75, 3.05) is 13.1 Å². The summed E-state index contributed by atoms with van der Waals surface area (Å²) in [7, 11) is 0. The van der Waals surface area contributed by atoms with E-state index in [4.69, 9.17) is 5.73 Å². The predicted octanol–water partition coefficient (Wildman–Crippen LogP) is 2.20. The van der Waals surface area contributed by atoms with Crippen molar-refractivity contribution in [2.24, 2.45) is 11.1 Å². The van der Waals surface area contributed by atoms with Crippen LogP contribution in [0, 0.1) is 5.41 Å². The van der Waals surface area contributed by atoms with Crippen molar-refractivity contribution in [2.45, 2.75) is 57.5 Å². The molecule has 3 rings (SSSR count). The van der Waals surface area contributed by atoms with Crippen LogP contribution in [-0.2, 0) is 16.1 Å². The third-order valence-electron chi connectivity index (χ3n) is 5.73. The molecule has 1 aromatic rings. The molecule has 2 aliphatic rings. The molecule has 1 saturated carbocycles. The standard InChI is InChI=1S/C20H29N3O2/c21-15-20(10-5-2-6-11-20)13-18(24)22-17-9-12-23(19(17)25)14-16-7-3-1-4-8-16/h1,3-4,7-8,17H,2,5-6,9-15,21H2,(H,22,24). The van der Waals surface area contributed by atoms with Gasteiger partial charge in [0.2, 0.25) is 11.8 Å². The van der Waals surface area contributed by atoms with Gasteiger partial charge in [0, 0.05) is 19.5 Å². The van der Waals surface area contributed by atoms with E-state index < -0.39 is 0 Å². The van der Waals surface area contributed by atoms with Crippen LogP contribution in [0.25, 0.3) is 0 Å². The van der Waals surface area contributed by atoms with Gasteiger partial charge in [0.15, 0.2) is 0 Å². The molecule has 5 heteroatoms. The fraction of sp³-hybridized carbons (Fsp3) is 0.600. The van der Waals surface area contributed by atoms with E-state index >= 15 is 0 Å². The molecule has 2 fully saturated rings. The molecule has 1 saturated heterocycles. The average molecular weight is 343 g/mol. The third kappa shape index (κ3) is 4.40. The molecule has 0 bridgehead atoms. The van der Waals surface area contributed by atoms with E-state index in [0.717, 1.165) is 31.2 Å². The van der Waals surface area contributed by atoms with E-state index in [1.807, 2.05) is 35.2 Å². The van der Waals surface area contributed by atoms with E-state index in [2.05, 4.69) is 5.32 Å². The Bertz CT molecular complexity index is 596. The van der Waals surface area contributed by atoms with Crippen LogP contribution >= 0.6 is 0 Å². The normalized spacial score (nSPS) is 22.8. The Morgan fingerprint density at radius 1 is 1.20 bits per heavy atom. The van der Waals surface area contributed by atoms with Gasteiger partial charge >= 0.3 is 0 Å². The van der Waals surface area contributed by atoms with Gasteiger partial charge in [0.25, 0.3) is 0 Å². The van der Waals surface area contributed by atoms with Gasteiger partial charge in [-0.2, -0.15) is 0 Å². The van der Waals surface area contributed by atoms with Crippen LogP contribution in [-0.4, -0.2) is 35.8 Å². The van der Waals surface area contributed by atoms with Crippen molar-refractivity contribution < 1.29 is 9.59 Å². The summed E-state index contributed by atoms with van der Waals surface area (Å²) in [5.74, 6) is 0.00917. The van der Waals surface area contributed by atoms with Gasteiger partial charge in [0.05, 0.1) is 0 Å². The number of rotatable bonds is 6. The zero-order chi connectivity index (χ0) is 17.7. The molecule has 1 heterocycles. The summed E-state index contributed by atoms with van der Waals surface area (Å²) in [5, 5.41) is 2.97. The van der Waals surface area contributed by atoms with Gasteiger partial charge < -0.3 is 16.0 Å². The van der Waals surface area contributed by atoms with E-state index in [0.29, 0.717) is 32.5 Å². The van der Waals surface area contributed by atoms with Crippen LogP contribution in [0.5, 0.6) is 0 Å². The van der Waals surface area contributed by atoms with Gasteiger partial charge in [0.1, 0.15) is 6.04 Å². The van der Waals surface area contributed by atoms with Crippen molar-refractivity contribution in [3.63, 3.8) is 0 Å². The maximum absolute atomic E-state index is 12.6. The summed E-state index contributed by atoms with van der Waals surface area (Å²) in [4.78, 5) is 26.9. The second-order valence-corrected chi connectivity index (χ2v) is 7.60. The molecule has 0 radical (unpaired) electrons. The van der Waals surface area contributed by atoms with E-state index in [1.54, 1.807) is 0 Å². The monoisotopic (exact) mass is 343 g/mol. The first-order valence-corrected chi connectivity index (χ1v) is 9.44. The van der Waals surface area contributed by atoms with Gasteiger partial charge in [-0.25, -0.2) is 0 Å². The number of benzene rings is 1. The highest BCUT2D eigenvalue weighted by Crippen LogP contribution is 2.38. The second-order valence-electron chi connectivity index (χ2n) is 7.60. The average Bonchev–Trinajstić information content (AvgIpc) is 2.96. The van der Waals surface area contributed by atoms with E-state index in [9.17, 15) is 9.59 Å². The number of carbonyl (C=O) groups is 2. The van der Waals surface area contributed by atoms with Crippen molar-refractivity contribution >= 4 is 11.8 Å². The SMILES string of the molecule is NCC1(CC(=O)NC2CCN(Cc3ccccc3)C2=O)CCCCC1. The number of hydrogen-bond acceptors (Lipinski definition) is 3. The first kappa shape index (κ1) is 17.9. The lowest BCUT2D eigenvalue weighted by Crippen LogP contribution is -2.44. The van der Waals surface area contributed by atoms with Gasteiger partial charge in [-0.05, 0) is 36.8 Å². The van der Waals surface area contributed by atoms with Gasteiger partial charge in [-0.3, -0.25) is 9.59 Å². The number of nitrogens with zero attached hydrogens (tertiary/aromatic N) is 1. The minimum atomic E-state index is -0.380. The van der Waals surface area contributed by atoms with Crippen LogP contribution in [0.3, 0.4) is 0 Å². The van der Waals surface area contributed by atoms with Crippen molar-refractivity contribution in [3.05, 3.63) is 35.9 Å². The highest BCUT2D eigenvalue weighted by Gasteiger charge is 2.36. The number of nitrogens with one attached hydrogen (secondary N) is 1. The van der Waals surface area contributed by atoms with E-state index in [-0.39, 0.29) is 23.3 Å². The number of carbonyl (C=O) groups excluding carboxylic acids is 2. The van der Waals surface area contributed by atoms with Crippen LogP contribution in [0.1, 0.15) is 50.5 Å².